The smallest absolute Gasteiger partial charge is 0.187 e. The molecule has 0 saturated carbocycles. The number of rotatable bonds is 32. The summed E-state index contributed by atoms with van der Waals surface area (Å²) in [7, 11) is 26.9. The minimum absolute atomic E-state index is 0.0449. The van der Waals surface area contributed by atoms with Crippen molar-refractivity contribution >= 4 is 37.1 Å². The summed E-state index contributed by atoms with van der Waals surface area (Å²) in [5.41, 5.74) is 0. The van der Waals surface area contributed by atoms with Gasteiger partial charge in [-0.15, -0.1) is 0 Å². The van der Waals surface area contributed by atoms with Crippen LogP contribution in [0.15, 0.2) is 121 Å². The highest BCUT2D eigenvalue weighted by Gasteiger charge is 2.63. The Morgan fingerprint density at radius 2 is 0.325 bits per heavy atom. The number of methoxy groups -OCH3 is 19. The van der Waals surface area contributed by atoms with Gasteiger partial charge in [0, 0.05) is 147 Å². The topological polar surface area (TPSA) is 305 Å². The van der Waals surface area contributed by atoms with Crippen LogP contribution in [0.2, 0.25) is 0 Å². The first-order valence-electron chi connectivity index (χ1n) is 40.5. The second kappa shape index (κ2) is 46.9. The van der Waals surface area contributed by atoms with Gasteiger partial charge in [0.15, 0.2) is 44.0 Å². The Morgan fingerprint density at radius 1 is 0.183 bits per heavy atom. The van der Waals surface area contributed by atoms with Crippen LogP contribution < -0.4 is 21.2 Å². The molecule has 33 nitrogen and oxygen atoms in total. The zero-order valence-electron chi connectivity index (χ0n) is 72.1. The summed E-state index contributed by atoms with van der Waals surface area (Å²) in [5.74, 6) is 0. The Balaban J connectivity index is 1.00. The first-order chi connectivity index (χ1) is 58.7. The zero-order valence-corrected chi connectivity index (χ0v) is 73.9. The Labute approximate surface area is 707 Å². The fourth-order valence-corrected chi connectivity index (χ4v) is 22.9. The second-order valence-electron chi connectivity index (χ2n) is 30.1. The average Bonchev–Trinajstić information content (AvgIpc) is 0.762. The molecule has 0 amide bonds. The molecule has 21 heterocycles. The summed E-state index contributed by atoms with van der Waals surface area (Å²) < 4.78 is 223. The Bertz CT molecular complexity index is 3360. The molecule has 14 bridgehead atoms. The molecule has 0 spiro atoms. The van der Waals surface area contributed by atoms with Crippen LogP contribution in [0.25, 0.3) is 0 Å². The predicted octanol–water partition coefficient (Wildman–Crippen LogP) is 3.48. The Kier molecular flexibility index (Phi) is 37.4. The monoisotopic (exact) mass is 1740 g/mol. The van der Waals surface area contributed by atoms with E-state index < -0.39 is 231 Å². The van der Waals surface area contributed by atoms with Gasteiger partial charge in [-0.05, 0) is 37.1 Å². The van der Waals surface area contributed by atoms with E-state index in [2.05, 4.69) is 48.5 Å². The van der Waals surface area contributed by atoms with E-state index in [0.29, 0.717) is 12.3 Å². The standard InChI is InChI=1S/C85H126O33P2/c1-86-40-51-58-65(91-6)72(98-13)79(105-51)113-59-52(41-87-2)107-81(74(100-15)66(59)92-7)115-61-54(43-89-4)109-83(76(102-17)68(61)94-9)117-63-56(45-119(47-32-24-20-25-33-47)48-34-26-21-27-35-48)111-85(78(104-19)70(63)96-11)118-64-57(46-120(49-36-28-22-29-37-49)50-38-30-23-31-39-50)110-84(77(103-18)71(64)97-12)116-62-55(44-90-5)108-82(75(101-16)69(62)95-10)114-60-53(42-88-3)106-80(112-58)73(99-14)67(60)93-8/h20-39,51-85H,40-46H2,1-19H3/t51-,52-,53-,54+,55-,56+,57+,58+,59+,60+,61+,62+,63+,64+,65-,66-,67-,68+,69-,70-,71-,72+,73+,74-,75+,76-,77+,78+,79+,80+,81+,82+,83+,84+,85+/m0/s1. The molecule has 0 aromatic heterocycles. The quantitative estimate of drug-likeness (QED) is 0.0632. The second-order valence-corrected chi connectivity index (χ2v) is 34.7. The summed E-state index contributed by atoms with van der Waals surface area (Å²) in [6, 6.07) is 41.2. The van der Waals surface area contributed by atoms with E-state index in [9.17, 15) is 0 Å². The van der Waals surface area contributed by atoms with E-state index in [4.69, 9.17) is 156 Å². The molecule has 25 rings (SSSR count). The molecule has 120 heavy (non-hydrogen) atoms. The minimum Gasteiger partial charge on any atom is -0.382 e. The molecular formula is C85H126O33P2. The fourth-order valence-electron chi connectivity index (χ4n) is 18.1. The van der Waals surface area contributed by atoms with Gasteiger partial charge in [0.1, 0.15) is 159 Å². The molecule has 35 atom stereocenters. The maximum absolute atomic E-state index is 7.75. The number of benzene rings is 4. The van der Waals surface area contributed by atoms with Gasteiger partial charge in [-0.1, -0.05) is 121 Å². The SMILES string of the molecule is COC[C@@H]1O[C@@H]2O[C@H]3[C@@H](OC)[C@H](OC)[C@@H](O[C@H]4[C@H](OC)[C@@H](OC)[C@@H](O[C@H]5[C@H](OC)[C@@H](OC)[C@@H](O[C@H]6[C@H](OC)[C@@H](OC)[C@@H](O[C@H]7[C@H](OC)[C@@H](OC)[C@@H](O[C@H]8[C@H](OC)[C@@H](OC)[C@@H](O[C@H]1[C@H](OC)[C@@H]2OC)O[C@H]8COC)O[C@H]7COC)O[C@H]6COC)O[C@@H]5CP(c1ccccc1)c1ccccc1)O[C@@H]4CP(c1ccccc1)c1ccccc1)O[C@@H]3COC. The molecule has 674 valence electrons. The zero-order chi connectivity index (χ0) is 85.1. The van der Waals surface area contributed by atoms with E-state index in [1.807, 2.05) is 72.8 Å². The summed E-state index contributed by atoms with van der Waals surface area (Å²) in [5, 5.41) is 4.27. The molecule has 21 saturated heterocycles. The molecule has 35 heteroatoms. The van der Waals surface area contributed by atoms with E-state index >= 15 is 0 Å². The van der Waals surface area contributed by atoms with Crippen LogP contribution in [0.4, 0.5) is 0 Å². The highest BCUT2D eigenvalue weighted by Crippen LogP contribution is 2.47. The Hall–Kier alpha value is -3.58. The molecule has 4 aromatic rings. The molecule has 0 N–H and O–H groups in total. The van der Waals surface area contributed by atoms with Crippen molar-refractivity contribution in [3.63, 3.8) is 0 Å². The van der Waals surface area contributed by atoms with Crippen molar-refractivity contribution in [2.45, 2.75) is 215 Å². The summed E-state index contributed by atoms with van der Waals surface area (Å²) in [4.78, 5) is 0. The molecule has 0 radical (unpaired) electrons. The van der Waals surface area contributed by atoms with Gasteiger partial charge in [-0.2, -0.15) is 0 Å². The normalized spacial score (nSPS) is 39.8. The lowest BCUT2D eigenvalue weighted by atomic mass is 9.94. The van der Waals surface area contributed by atoms with Crippen LogP contribution >= 0.6 is 15.8 Å². The molecular weight excluding hydrogens is 1610 g/mol. The molecule has 4 aromatic carbocycles. The van der Waals surface area contributed by atoms with Crippen molar-refractivity contribution in [1.29, 1.82) is 0 Å². The first kappa shape index (κ1) is 95.5. The van der Waals surface area contributed by atoms with E-state index in [1.165, 1.54) is 56.9 Å². The van der Waals surface area contributed by atoms with Crippen LogP contribution in [-0.4, -0.2) is 395 Å². The van der Waals surface area contributed by atoms with Gasteiger partial charge >= 0.3 is 0 Å². The maximum atomic E-state index is 7.75. The van der Waals surface area contributed by atoms with Gasteiger partial charge < -0.3 is 156 Å². The van der Waals surface area contributed by atoms with E-state index in [1.54, 1.807) is 78.2 Å². The third kappa shape index (κ3) is 21.2. The predicted molar refractivity (Wildman–Crippen MR) is 433 cm³/mol. The third-order valence-corrected chi connectivity index (χ3v) is 28.8. The van der Waals surface area contributed by atoms with Gasteiger partial charge in [-0.3, -0.25) is 0 Å². The van der Waals surface area contributed by atoms with Crippen molar-refractivity contribution in [3.05, 3.63) is 121 Å². The molecule has 0 unspecified atom stereocenters. The average molecular weight is 1740 g/mol. The van der Waals surface area contributed by atoms with Crippen molar-refractivity contribution < 1.29 is 156 Å². The number of hydrogen-bond acceptors (Lipinski definition) is 33. The molecule has 21 aliphatic rings. The Morgan fingerprint density at radius 3 is 0.467 bits per heavy atom. The van der Waals surface area contributed by atoms with E-state index in [-0.39, 0.29) is 33.0 Å². The van der Waals surface area contributed by atoms with Crippen molar-refractivity contribution in [2.24, 2.45) is 0 Å². The van der Waals surface area contributed by atoms with Gasteiger partial charge in [0.25, 0.3) is 0 Å². The van der Waals surface area contributed by atoms with Crippen LogP contribution in [0.3, 0.4) is 0 Å². The number of ether oxygens (including phenoxy) is 33. The van der Waals surface area contributed by atoms with Crippen LogP contribution in [0.1, 0.15) is 0 Å². The van der Waals surface area contributed by atoms with Crippen molar-refractivity contribution in [2.75, 3.05) is 180 Å². The van der Waals surface area contributed by atoms with Crippen LogP contribution in [-0.2, 0) is 156 Å². The van der Waals surface area contributed by atoms with E-state index in [0.717, 1.165) is 21.2 Å². The molecule has 0 aliphatic carbocycles. The first-order valence-corrected chi connectivity index (χ1v) is 43.5. The molecule has 21 aliphatic heterocycles. The largest absolute Gasteiger partial charge is 0.382 e. The lowest BCUT2D eigenvalue weighted by Crippen LogP contribution is -2.69. The highest BCUT2D eigenvalue weighted by molar-refractivity contribution is 7.73. The fraction of sp³-hybridized carbons (Fsp3) is 0.718. The maximum Gasteiger partial charge on any atom is 0.187 e. The number of hydrogen-bond donors (Lipinski definition) is 0. The van der Waals surface area contributed by atoms with Crippen molar-refractivity contribution in [3.8, 4) is 0 Å². The summed E-state index contributed by atoms with van der Waals surface area (Å²) in [6.07, 6.45) is -36.0. The summed E-state index contributed by atoms with van der Waals surface area (Å²) >= 11 is 0. The van der Waals surface area contributed by atoms with Gasteiger partial charge in [-0.25, -0.2) is 0 Å². The third-order valence-electron chi connectivity index (χ3n) is 23.6. The van der Waals surface area contributed by atoms with Gasteiger partial charge in [0.05, 0.1) is 45.2 Å². The highest BCUT2D eigenvalue weighted by atomic mass is 31.1. The van der Waals surface area contributed by atoms with Crippen LogP contribution in [0.5, 0.6) is 0 Å². The van der Waals surface area contributed by atoms with Gasteiger partial charge in [0.2, 0.25) is 0 Å². The molecule has 21 fully saturated rings. The minimum atomic E-state index is -1.27. The lowest BCUT2D eigenvalue weighted by molar-refractivity contribution is -0.402. The van der Waals surface area contributed by atoms with Crippen molar-refractivity contribution in [1.82, 2.24) is 0 Å². The lowest BCUT2D eigenvalue weighted by Gasteiger charge is -2.53. The summed E-state index contributed by atoms with van der Waals surface area (Å²) in [6.45, 7) is -0.232. The van der Waals surface area contributed by atoms with Crippen LogP contribution in [0, 0.1) is 0 Å².